The Hall–Kier alpha value is -3.16. The molecule has 0 saturated heterocycles. The van der Waals surface area contributed by atoms with E-state index in [0.717, 1.165) is 17.7 Å². The summed E-state index contributed by atoms with van der Waals surface area (Å²) in [4.78, 5) is 14.0. The Balaban J connectivity index is 1.62. The first-order valence-corrected chi connectivity index (χ1v) is 8.68. The molecule has 0 fully saturated rings. The van der Waals surface area contributed by atoms with Crippen molar-refractivity contribution in [3.63, 3.8) is 0 Å². The van der Waals surface area contributed by atoms with Crippen LogP contribution < -0.4 is 0 Å². The molecule has 0 aliphatic carbocycles. The molecule has 0 N–H and O–H groups in total. The van der Waals surface area contributed by atoms with E-state index in [1.807, 2.05) is 30.3 Å². The van der Waals surface area contributed by atoms with E-state index in [9.17, 15) is 18.0 Å². The molecule has 28 heavy (non-hydrogen) atoms. The summed E-state index contributed by atoms with van der Waals surface area (Å²) in [5.74, 6) is -0.286. The van der Waals surface area contributed by atoms with E-state index in [-0.39, 0.29) is 18.1 Å². The standard InChI is InChI=1S/C20H19F3N4O/c1-26(11-10-15-6-3-2-4-7-15)19(28)18-14-27(25-24-18)13-16-8-5-9-17(12-16)20(21,22)23/h2-9,12,14H,10-11,13H2,1H3. The fourth-order valence-corrected chi connectivity index (χ4v) is 2.75. The summed E-state index contributed by atoms with van der Waals surface area (Å²) >= 11 is 0. The van der Waals surface area contributed by atoms with E-state index in [0.29, 0.717) is 18.5 Å². The van der Waals surface area contributed by atoms with Crippen molar-refractivity contribution in [3.05, 3.63) is 83.2 Å². The third kappa shape index (κ3) is 4.97. The Labute approximate surface area is 160 Å². The van der Waals surface area contributed by atoms with E-state index < -0.39 is 11.7 Å². The van der Waals surface area contributed by atoms with Crippen molar-refractivity contribution in [1.82, 2.24) is 19.9 Å². The summed E-state index contributed by atoms with van der Waals surface area (Å²) in [5, 5.41) is 7.72. The quantitative estimate of drug-likeness (QED) is 0.648. The van der Waals surface area contributed by atoms with E-state index in [2.05, 4.69) is 10.3 Å². The first-order valence-electron chi connectivity index (χ1n) is 8.68. The van der Waals surface area contributed by atoms with Gasteiger partial charge in [0.25, 0.3) is 5.91 Å². The number of nitrogens with zero attached hydrogens (tertiary/aromatic N) is 4. The zero-order valence-electron chi connectivity index (χ0n) is 15.2. The van der Waals surface area contributed by atoms with Gasteiger partial charge in [0.05, 0.1) is 18.3 Å². The number of halogens is 3. The van der Waals surface area contributed by atoms with Crippen LogP contribution in [0, 0.1) is 0 Å². The molecule has 0 aliphatic heterocycles. The van der Waals surface area contributed by atoms with Gasteiger partial charge in [-0.05, 0) is 29.7 Å². The fraction of sp³-hybridized carbons (Fsp3) is 0.250. The monoisotopic (exact) mass is 388 g/mol. The molecule has 3 aromatic rings. The molecule has 0 bridgehead atoms. The Bertz CT molecular complexity index is 938. The predicted molar refractivity (Wildman–Crippen MR) is 97.7 cm³/mol. The van der Waals surface area contributed by atoms with Crippen molar-refractivity contribution in [2.75, 3.05) is 13.6 Å². The molecule has 146 valence electrons. The van der Waals surface area contributed by atoms with Gasteiger partial charge in [-0.25, -0.2) is 4.68 Å². The molecule has 2 aromatic carbocycles. The third-order valence-electron chi connectivity index (χ3n) is 4.28. The SMILES string of the molecule is CN(CCc1ccccc1)C(=O)c1cn(Cc2cccc(C(F)(F)F)c2)nn1. The van der Waals surface area contributed by atoms with Gasteiger partial charge in [-0.2, -0.15) is 13.2 Å². The largest absolute Gasteiger partial charge is 0.416 e. The zero-order chi connectivity index (χ0) is 20.1. The van der Waals surface area contributed by atoms with E-state index in [1.54, 1.807) is 18.0 Å². The number of hydrogen-bond donors (Lipinski definition) is 0. The molecule has 0 spiro atoms. The maximum absolute atomic E-state index is 12.8. The number of rotatable bonds is 6. The van der Waals surface area contributed by atoms with Crippen LogP contribution in [-0.4, -0.2) is 39.4 Å². The number of aromatic nitrogens is 3. The lowest BCUT2D eigenvalue weighted by atomic mass is 10.1. The van der Waals surface area contributed by atoms with Crippen LogP contribution in [0.15, 0.2) is 60.8 Å². The maximum atomic E-state index is 12.8. The summed E-state index contributed by atoms with van der Waals surface area (Å²) in [5.41, 5.74) is 0.983. The van der Waals surface area contributed by atoms with Gasteiger partial charge in [-0.3, -0.25) is 4.79 Å². The van der Waals surface area contributed by atoms with Crippen LogP contribution in [0.25, 0.3) is 0 Å². The Kier molecular flexibility index (Phi) is 5.77. The molecule has 1 aromatic heterocycles. The number of amides is 1. The minimum Gasteiger partial charge on any atom is -0.340 e. The van der Waals surface area contributed by atoms with E-state index >= 15 is 0 Å². The van der Waals surface area contributed by atoms with Crippen LogP contribution >= 0.6 is 0 Å². The highest BCUT2D eigenvalue weighted by Gasteiger charge is 2.30. The molecule has 0 aliphatic rings. The van der Waals surface area contributed by atoms with Crippen LogP contribution in [0.2, 0.25) is 0 Å². The Morgan fingerprint density at radius 1 is 1.07 bits per heavy atom. The van der Waals surface area contributed by atoms with Crippen molar-refractivity contribution in [3.8, 4) is 0 Å². The lowest BCUT2D eigenvalue weighted by Crippen LogP contribution is -2.29. The molecule has 0 saturated carbocycles. The Morgan fingerprint density at radius 2 is 1.79 bits per heavy atom. The number of benzene rings is 2. The minimum absolute atomic E-state index is 0.0952. The van der Waals surface area contributed by atoms with Crippen LogP contribution in [0.4, 0.5) is 13.2 Å². The lowest BCUT2D eigenvalue weighted by Gasteiger charge is -2.15. The summed E-state index contributed by atoms with van der Waals surface area (Å²) in [6, 6.07) is 14.8. The summed E-state index contributed by atoms with van der Waals surface area (Å²) in [6.45, 7) is 0.612. The molecular formula is C20H19F3N4O. The number of hydrogen-bond acceptors (Lipinski definition) is 3. The van der Waals surface area contributed by atoms with Crippen LogP contribution in [0.1, 0.15) is 27.2 Å². The second-order valence-corrected chi connectivity index (χ2v) is 6.46. The van der Waals surface area contributed by atoms with Gasteiger partial charge in [0, 0.05) is 13.6 Å². The topological polar surface area (TPSA) is 51.0 Å². The number of carbonyl (C=O) groups is 1. The van der Waals surface area contributed by atoms with Gasteiger partial charge in [0.1, 0.15) is 0 Å². The second kappa shape index (κ2) is 8.24. The van der Waals surface area contributed by atoms with Crippen LogP contribution in [-0.2, 0) is 19.1 Å². The van der Waals surface area contributed by atoms with Crippen molar-refractivity contribution in [1.29, 1.82) is 0 Å². The highest BCUT2D eigenvalue weighted by Crippen LogP contribution is 2.29. The highest BCUT2D eigenvalue weighted by molar-refractivity contribution is 5.91. The first kappa shape index (κ1) is 19.6. The van der Waals surface area contributed by atoms with Crippen LogP contribution in [0.3, 0.4) is 0 Å². The molecule has 0 unspecified atom stereocenters. The van der Waals surface area contributed by atoms with E-state index in [1.165, 1.54) is 16.9 Å². The zero-order valence-corrected chi connectivity index (χ0v) is 15.2. The molecule has 3 rings (SSSR count). The van der Waals surface area contributed by atoms with E-state index in [4.69, 9.17) is 0 Å². The number of likely N-dealkylation sites (N-methyl/N-ethyl adjacent to an activating group) is 1. The lowest BCUT2D eigenvalue weighted by molar-refractivity contribution is -0.137. The molecule has 8 heteroatoms. The second-order valence-electron chi connectivity index (χ2n) is 6.46. The summed E-state index contributed by atoms with van der Waals surface area (Å²) in [6.07, 6.45) is -2.25. The average Bonchev–Trinajstić information content (AvgIpc) is 3.14. The maximum Gasteiger partial charge on any atom is 0.416 e. The highest BCUT2D eigenvalue weighted by atomic mass is 19.4. The number of alkyl halides is 3. The molecule has 1 amide bonds. The van der Waals surface area contributed by atoms with Gasteiger partial charge < -0.3 is 4.90 Å². The smallest absolute Gasteiger partial charge is 0.340 e. The average molecular weight is 388 g/mol. The van der Waals surface area contributed by atoms with Crippen molar-refractivity contribution < 1.29 is 18.0 Å². The molecular weight excluding hydrogens is 369 g/mol. The van der Waals surface area contributed by atoms with Gasteiger partial charge in [0.2, 0.25) is 0 Å². The van der Waals surface area contributed by atoms with Gasteiger partial charge in [-0.15, -0.1) is 5.10 Å². The van der Waals surface area contributed by atoms with Gasteiger partial charge in [-0.1, -0.05) is 47.7 Å². The molecule has 0 radical (unpaired) electrons. The molecule has 0 atom stereocenters. The van der Waals surface area contributed by atoms with Crippen molar-refractivity contribution in [2.24, 2.45) is 0 Å². The normalized spacial score (nSPS) is 11.4. The minimum atomic E-state index is -4.40. The van der Waals surface area contributed by atoms with Gasteiger partial charge in [0.15, 0.2) is 5.69 Å². The molecule has 5 nitrogen and oxygen atoms in total. The third-order valence-corrected chi connectivity index (χ3v) is 4.28. The van der Waals surface area contributed by atoms with Crippen LogP contribution in [0.5, 0.6) is 0 Å². The summed E-state index contributed by atoms with van der Waals surface area (Å²) < 4.78 is 39.8. The van der Waals surface area contributed by atoms with Crippen molar-refractivity contribution in [2.45, 2.75) is 19.1 Å². The summed E-state index contributed by atoms with van der Waals surface area (Å²) in [7, 11) is 1.68. The van der Waals surface area contributed by atoms with Gasteiger partial charge >= 0.3 is 6.18 Å². The predicted octanol–water partition coefficient (Wildman–Crippen LogP) is 3.66. The fourth-order valence-electron chi connectivity index (χ4n) is 2.75. The molecule has 1 heterocycles. The Morgan fingerprint density at radius 3 is 2.50 bits per heavy atom. The first-order chi connectivity index (χ1) is 13.3. The van der Waals surface area contributed by atoms with Crippen molar-refractivity contribution >= 4 is 5.91 Å². The number of carbonyl (C=O) groups excluding carboxylic acids is 1.